The largest absolute Gasteiger partial charge is 0.454 e. The summed E-state index contributed by atoms with van der Waals surface area (Å²) in [6, 6.07) is 20.7. The molecule has 3 aromatic carbocycles. The number of hydrogen-bond acceptors (Lipinski definition) is 3. The van der Waals surface area contributed by atoms with Crippen LogP contribution in [0.4, 0.5) is 0 Å². The number of Topliss-reactive ketones (excluding diaryl/α,β-unsaturated/α-hetero) is 1. The molecule has 3 nitrogen and oxygen atoms in total. The smallest absolute Gasteiger partial charge is 0.307 e. The van der Waals surface area contributed by atoms with Crippen LogP contribution in [-0.2, 0) is 15.1 Å². The summed E-state index contributed by atoms with van der Waals surface area (Å²) in [7, 11) is 0. The molecule has 2 aliphatic carbocycles. The third-order valence-electron chi connectivity index (χ3n) is 8.16. The van der Waals surface area contributed by atoms with Crippen LogP contribution in [-0.4, -0.2) is 11.8 Å². The molecule has 3 aromatic rings. The Morgan fingerprint density at radius 1 is 0.800 bits per heavy atom. The average Bonchev–Trinajstić information content (AvgIpc) is 3.42. The van der Waals surface area contributed by atoms with E-state index in [1.54, 1.807) is 0 Å². The van der Waals surface area contributed by atoms with Crippen molar-refractivity contribution in [1.82, 2.24) is 0 Å². The number of ketones is 1. The van der Waals surface area contributed by atoms with E-state index in [9.17, 15) is 9.59 Å². The summed E-state index contributed by atoms with van der Waals surface area (Å²) < 4.78 is 6.17. The summed E-state index contributed by atoms with van der Waals surface area (Å²) in [6.45, 7) is 2.07. The minimum Gasteiger partial charge on any atom is -0.454 e. The molecule has 0 aliphatic heterocycles. The summed E-state index contributed by atoms with van der Waals surface area (Å²) in [6.07, 6.45) is 10.3. The number of carbonyl (C=O) groups is 2. The van der Waals surface area contributed by atoms with Gasteiger partial charge in [-0.2, -0.15) is 0 Å². The average molecular weight is 469 g/mol. The van der Waals surface area contributed by atoms with Gasteiger partial charge in [-0.05, 0) is 73.3 Å². The van der Waals surface area contributed by atoms with Crippen LogP contribution in [0.15, 0.2) is 60.7 Å². The fourth-order valence-corrected chi connectivity index (χ4v) is 6.21. The molecule has 0 atom stereocenters. The van der Waals surface area contributed by atoms with E-state index in [4.69, 9.17) is 4.74 Å². The lowest BCUT2D eigenvalue weighted by Crippen LogP contribution is -2.34. The van der Waals surface area contributed by atoms with Gasteiger partial charge in [0, 0.05) is 12.0 Å². The van der Waals surface area contributed by atoms with Gasteiger partial charge in [0.1, 0.15) is 5.60 Å². The van der Waals surface area contributed by atoms with Gasteiger partial charge >= 0.3 is 5.97 Å². The molecule has 35 heavy (non-hydrogen) atoms. The highest BCUT2D eigenvalue weighted by atomic mass is 16.6. The van der Waals surface area contributed by atoms with E-state index in [0.29, 0.717) is 5.92 Å². The maximum absolute atomic E-state index is 13.3. The summed E-state index contributed by atoms with van der Waals surface area (Å²) >= 11 is 0. The van der Waals surface area contributed by atoms with Crippen molar-refractivity contribution in [2.45, 2.75) is 89.1 Å². The third-order valence-corrected chi connectivity index (χ3v) is 8.16. The fourth-order valence-electron chi connectivity index (χ4n) is 6.21. The molecule has 182 valence electrons. The minimum absolute atomic E-state index is 0.0177. The van der Waals surface area contributed by atoms with Gasteiger partial charge in [-0.3, -0.25) is 9.59 Å². The maximum Gasteiger partial charge on any atom is 0.307 e. The van der Waals surface area contributed by atoms with E-state index in [1.165, 1.54) is 48.6 Å². The standard InChI is InChI=1S/C32H36O3/c1-23-13-15-25(16-14-23)32(21-7-2-8-22-32)35-31(34)20-19-30(33)29-18-17-26(24-9-3-4-10-24)27-11-5-6-12-28(27)29/h5-6,11-18,24H,2-4,7-10,19-22H2,1H3. The van der Waals surface area contributed by atoms with Crippen molar-refractivity contribution in [1.29, 1.82) is 0 Å². The molecule has 2 fully saturated rings. The van der Waals surface area contributed by atoms with Gasteiger partial charge in [-0.1, -0.05) is 85.5 Å². The Balaban J connectivity index is 1.30. The minimum atomic E-state index is -0.554. The van der Waals surface area contributed by atoms with Crippen molar-refractivity contribution in [3.8, 4) is 0 Å². The summed E-state index contributed by atoms with van der Waals surface area (Å²) in [5.41, 5.74) is 3.81. The number of aryl methyl sites for hydroxylation is 1. The van der Waals surface area contributed by atoms with Crippen LogP contribution in [0.2, 0.25) is 0 Å². The normalized spacial score (nSPS) is 18.0. The van der Waals surface area contributed by atoms with Crippen LogP contribution >= 0.6 is 0 Å². The van der Waals surface area contributed by atoms with Crippen LogP contribution in [0.1, 0.15) is 104 Å². The van der Waals surface area contributed by atoms with Crippen molar-refractivity contribution in [3.63, 3.8) is 0 Å². The van der Waals surface area contributed by atoms with Gasteiger partial charge in [0.05, 0.1) is 6.42 Å². The number of esters is 1. The van der Waals surface area contributed by atoms with Crippen molar-refractivity contribution in [3.05, 3.63) is 82.9 Å². The lowest BCUT2D eigenvalue weighted by Gasteiger charge is -2.37. The Labute approximate surface area is 208 Å². The second kappa shape index (κ2) is 10.4. The number of hydrogen-bond donors (Lipinski definition) is 0. The number of carbonyl (C=O) groups excluding carboxylic acids is 2. The molecule has 0 unspecified atom stereocenters. The SMILES string of the molecule is Cc1ccc(C2(OC(=O)CCC(=O)c3ccc(C4CCCC4)c4ccccc34)CCCCC2)cc1. The van der Waals surface area contributed by atoms with Crippen LogP contribution in [0.3, 0.4) is 0 Å². The number of ether oxygens (including phenoxy) is 1. The first-order valence-electron chi connectivity index (χ1n) is 13.4. The van der Waals surface area contributed by atoms with Crippen LogP contribution in [0.25, 0.3) is 10.8 Å². The molecule has 5 rings (SSSR count). The van der Waals surface area contributed by atoms with Crippen molar-refractivity contribution in [2.75, 3.05) is 0 Å². The van der Waals surface area contributed by atoms with Gasteiger partial charge in [-0.25, -0.2) is 0 Å². The van der Waals surface area contributed by atoms with E-state index >= 15 is 0 Å². The third kappa shape index (κ3) is 5.05. The number of benzene rings is 3. The molecule has 0 N–H and O–H groups in total. The first-order chi connectivity index (χ1) is 17.1. The van der Waals surface area contributed by atoms with E-state index in [0.717, 1.165) is 42.2 Å². The molecule has 0 aromatic heterocycles. The zero-order valence-electron chi connectivity index (χ0n) is 20.9. The van der Waals surface area contributed by atoms with Gasteiger partial charge < -0.3 is 4.74 Å². The van der Waals surface area contributed by atoms with Gasteiger partial charge in [0.25, 0.3) is 0 Å². The molecular weight excluding hydrogens is 432 g/mol. The Bertz CT molecular complexity index is 1200. The Kier molecular flexibility index (Phi) is 7.04. The topological polar surface area (TPSA) is 43.4 Å². The van der Waals surface area contributed by atoms with E-state index < -0.39 is 5.60 Å². The van der Waals surface area contributed by atoms with E-state index in [2.05, 4.69) is 49.4 Å². The van der Waals surface area contributed by atoms with E-state index in [-0.39, 0.29) is 24.6 Å². The van der Waals surface area contributed by atoms with Crippen molar-refractivity contribution < 1.29 is 14.3 Å². The van der Waals surface area contributed by atoms with Crippen LogP contribution in [0, 0.1) is 6.92 Å². The molecule has 0 saturated heterocycles. The summed E-state index contributed by atoms with van der Waals surface area (Å²) in [5.74, 6) is 0.337. The number of fused-ring (bicyclic) bond motifs is 1. The lowest BCUT2D eigenvalue weighted by molar-refractivity contribution is -0.165. The number of rotatable bonds is 7. The second-order valence-corrected chi connectivity index (χ2v) is 10.5. The fraction of sp³-hybridized carbons (Fsp3) is 0.438. The Hall–Kier alpha value is -2.94. The lowest BCUT2D eigenvalue weighted by atomic mass is 9.79. The molecule has 0 bridgehead atoms. The van der Waals surface area contributed by atoms with Gasteiger partial charge in [0.2, 0.25) is 0 Å². The highest BCUT2D eigenvalue weighted by Gasteiger charge is 2.37. The molecular formula is C32H36O3. The highest BCUT2D eigenvalue weighted by molar-refractivity contribution is 6.09. The first-order valence-corrected chi connectivity index (χ1v) is 13.4. The second-order valence-electron chi connectivity index (χ2n) is 10.5. The first kappa shape index (κ1) is 23.8. The molecule has 3 heteroatoms. The zero-order valence-corrected chi connectivity index (χ0v) is 20.9. The molecule has 0 radical (unpaired) electrons. The Morgan fingerprint density at radius 3 is 2.20 bits per heavy atom. The molecule has 0 spiro atoms. The molecule has 0 amide bonds. The quantitative estimate of drug-likeness (QED) is 0.259. The van der Waals surface area contributed by atoms with Gasteiger partial charge in [0.15, 0.2) is 5.78 Å². The molecule has 2 aliphatic rings. The summed E-state index contributed by atoms with van der Waals surface area (Å²) in [4.78, 5) is 26.3. The molecule has 2 saturated carbocycles. The van der Waals surface area contributed by atoms with Crippen molar-refractivity contribution in [2.24, 2.45) is 0 Å². The zero-order chi connectivity index (χ0) is 24.3. The highest BCUT2D eigenvalue weighted by Crippen LogP contribution is 2.41. The van der Waals surface area contributed by atoms with Crippen LogP contribution < -0.4 is 0 Å². The monoisotopic (exact) mass is 468 g/mol. The maximum atomic E-state index is 13.3. The molecule has 0 heterocycles. The predicted molar refractivity (Wildman–Crippen MR) is 141 cm³/mol. The van der Waals surface area contributed by atoms with Crippen molar-refractivity contribution >= 4 is 22.5 Å². The summed E-state index contributed by atoms with van der Waals surface area (Å²) in [5, 5.41) is 2.20. The van der Waals surface area contributed by atoms with E-state index in [1.807, 2.05) is 18.2 Å². The predicted octanol–water partition coefficient (Wildman–Crippen LogP) is 8.17. The van der Waals surface area contributed by atoms with Crippen LogP contribution in [0.5, 0.6) is 0 Å². The van der Waals surface area contributed by atoms with Gasteiger partial charge in [-0.15, -0.1) is 0 Å². The Morgan fingerprint density at radius 2 is 1.49 bits per heavy atom.